The van der Waals surface area contributed by atoms with Crippen LogP contribution in [0, 0.1) is 0 Å². The second kappa shape index (κ2) is 9.81. The number of carboxylic acids is 2. The van der Waals surface area contributed by atoms with Gasteiger partial charge in [0.25, 0.3) is 0 Å². The average molecular weight is 437 g/mol. The molecule has 0 spiro atoms. The van der Waals surface area contributed by atoms with Crippen molar-refractivity contribution >= 4 is 19.1 Å². The average Bonchev–Trinajstić information content (AvgIpc) is 2.75. The van der Waals surface area contributed by atoms with E-state index in [9.17, 15) is 26.3 Å². The molecule has 7 nitrogen and oxygen atoms in total. The van der Waals surface area contributed by atoms with E-state index in [1.807, 2.05) is 0 Å². The molecule has 2 rings (SSSR count). The molecule has 1 saturated heterocycles. The van der Waals surface area contributed by atoms with Gasteiger partial charge in [0.05, 0.1) is 11.2 Å². The Labute approximate surface area is 163 Å². The summed E-state index contributed by atoms with van der Waals surface area (Å²) in [5.41, 5.74) is 0.847. The predicted octanol–water partition coefficient (Wildman–Crippen LogP) is 2.80. The molecule has 1 fully saturated rings. The number of halogens is 6. The molecule has 2 aliphatic rings. The van der Waals surface area contributed by atoms with Crippen LogP contribution in [-0.4, -0.2) is 65.9 Å². The lowest BCUT2D eigenvalue weighted by Gasteiger charge is -2.32. The number of hydrogen-bond acceptors (Lipinski definition) is 5. The summed E-state index contributed by atoms with van der Waals surface area (Å²) in [4.78, 5) is 17.8. The quantitative estimate of drug-likeness (QED) is 0.428. The van der Waals surface area contributed by atoms with Crippen molar-refractivity contribution in [1.29, 1.82) is 0 Å². The van der Waals surface area contributed by atoms with Gasteiger partial charge < -0.3 is 24.8 Å². The molecule has 0 bridgehead atoms. The molecule has 0 aromatic carbocycles. The Bertz CT molecular complexity index is 577. The van der Waals surface area contributed by atoms with Crippen LogP contribution in [0.1, 0.15) is 34.1 Å². The van der Waals surface area contributed by atoms with Gasteiger partial charge in [-0.15, -0.1) is 0 Å². The highest BCUT2D eigenvalue weighted by molar-refractivity contribution is 6.54. The van der Waals surface area contributed by atoms with Crippen LogP contribution in [0.2, 0.25) is 0 Å². The predicted molar refractivity (Wildman–Crippen MR) is 89.0 cm³/mol. The van der Waals surface area contributed by atoms with Gasteiger partial charge in [0.1, 0.15) is 0 Å². The number of alkyl halides is 6. The molecule has 0 aromatic rings. The molecule has 0 saturated carbocycles. The highest BCUT2D eigenvalue weighted by atomic mass is 19.4. The number of rotatable bonds is 1. The third-order valence-electron chi connectivity index (χ3n) is 4.14. The molecule has 2 heterocycles. The number of hydrogen-bond donors (Lipinski definition) is 3. The van der Waals surface area contributed by atoms with Crippen molar-refractivity contribution < 1.29 is 55.5 Å². The maximum Gasteiger partial charge on any atom is 0.490 e. The van der Waals surface area contributed by atoms with Gasteiger partial charge in [-0.05, 0) is 46.1 Å². The van der Waals surface area contributed by atoms with Crippen molar-refractivity contribution in [1.82, 2.24) is 5.32 Å². The zero-order chi connectivity index (χ0) is 23.3. The van der Waals surface area contributed by atoms with Crippen molar-refractivity contribution in [2.45, 2.75) is 57.7 Å². The third kappa shape index (κ3) is 9.04. The standard InChI is InChI=1S/C11H20BNO2.2C2HF3O2/c1-10(2)11(3,4)15-12(14-10)9-5-7-13-8-6-9;2*3-2(4,5)1(6)7/h5,13H,6-8H2,1-4H3;2*(H,6,7). The van der Waals surface area contributed by atoms with E-state index < -0.39 is 24.3 Å². The van der Waals surface area contributed by atoms with Crippen LogP contribution in [0.15, 0.2) is 11.5 Å². The first kappa shape index (κ1) is 27.2. The maximum atomic E-state index is 10.6. The van der Waals surface area contributed by atoms with E-state index in [0.29, 0.717) is 0 Å². The molecular weight excluding hydrogens is 415 g/mol. The van der Waals surface area contributed by atoms with E-state index in [1.165, 1.54) is 5.47 Å². The minimum atomic E-state index is -5.08. The number of nitrogens with one attached hydrogen (secondary N) is 1. The van der Waals surface area contributed by atoms with E-state index in [2.05, 4.69) is 39.1 Å². The normalized spacial score (nSPS) is 20.5. The molecule has 0 amide bonds. The van der Waals surface area contributed by atoms with Crippen molar-refractivity contribution in [3.05, 3.63) is 11.5 Å². The number of aliphatic carboxylic acids is 2. The molecule has 2 aliphatic heterocycles. The summed E-state index contributed by atoms with van der Waals surface area (Å²) < 4.78 is 75.4. The van der Waals surface area contributed by atoms with Crippen LogP contribution >= 0.6 is 0 Å². The van der Waals surface area contributed by atoms with E-state index in [0.717, 1.165) is 19.5 Å². The molecule has 3 N–H and O–H groups in total. The van der Waals surface area contributed by atoms with Gasteiger partial charge in [-0.3, -0.25) is 0 Å². The summed E-state index contributed by atoms with van der Waals surface area (Å²) in [7, 11) is -0.142. The molecule has 168 valence electrons. The fourth-order valence-corrected chi connectivity index (χ4v) is 1.85. The SMILES string of the molecule is CC1(C)OB(C2=CCNCC2)OC1(C)C.O=C(O)C(F)(F)F.O=C(O)C(F)(F)F. The van der Waals surface area contributed by atoms with Crippen molar-refractivity contribution in [3.63, 3.8) is 0 Å². The second-order valence-corrected chi connectivity index (χ2v) is 6.93. The topological polar surface area (TPSA) is 105 Å². The van der Waals surface area contributed by atoms with Crippen molar-refractivity contribution in [3.8, 4) is 0 Å². The lowest BCUT2D eigenvalue weighted by Crippen LogP contribution is -2.41. The molecule has 0 unspecified atom stereocenters. The molecular formula is C15H22BF6NO6. The van der Waals surface area contributed by atoms with E-state index >= 15 is 0 Å². The van der Waals surface area contributed by atoms with Gasteiger partial charge in [-0.1, -0.05) is 6.08 Å². The first-order chi connectivity index (χ1) is 12.8. The Hall–Kier alpha value is -1.80. The van der Waals surface area contributed by atoms with E-state index in [4.69, 9.17) is 29.1 Å². The van der Waals surface area contributed by atoms with Crippen LogP contribution in [0.3, 0.4) is 0 Å². The molecule has 29 heavy (non-hydrogen) atoms. The lowest BCUT2D eigenvalue weighted by atomic mass is 9.75. The Balaban J connectivity index is 0.000000473. The fraction of sp³-hybridized carbons (Fsp3) is 0.733. The smallest absolute Gasteiger partial charge is 0.475 e. The summed E-state index contributed by atoms with van der Waals surface area (Å²) in [6.45, 7) is 10.3. The van der Waals surface area contributed by atoms with E-state index in [-0.39, 0.29) is 18.3 Å². The summed E-state index contributed by atoms with van der Waals surface area (Å²) in [5, 5.41) is 17.5. The lowest BCUT2D eigenvalue weighted by molar-refractivity contribution is -0.193. The Kier molecular flexibility index (Phi) is 9.20. The largest absolute Gasteiger partial charge is 0.490 e. The first-order valence-corrected chi connectivity index (χ1v) is 8.17. The molecule has 14 heteroatoms. The fourth-order valence-electron chi connectivity index (χ4n) is 1.85. The highest BCUT2D eigenvalue weighted by Crippen LogP contribution is 2.39. The highest BCUT2D eigenvalue weighted by Gasteiger charge is 2.52. The van der Waals surface area contributed by atoms with E-state index in [1.54, 1.807) is 0 Å². The first-order valence-electron chi connectivity index (χ1n) is 8.17. The van der Waals surface area contributed by atoms with Crippen LogP contribution < -0.4 is 5.32 Å². The molecule has 0 atom stereocenters. The number of carboxylic acid groups (broad SMARTS) is 2. The van der Waals surface area contributed by atoms with Crippen molar-refractivity contribution in [2.75, 3.05) is 13.1 Å². The van der Waals surface area contributed by atoms with Gasteiger partial charge in [-0.2, -0.15) is 26.3 Å². The second-order valence-electron chi connectivity index (χ2n) is 6.93. The summed E-state index contributed by atoms with van der Waals surface area (Å²) in [6.07, 6.45) is -6.96. The minimum absolute atomic E-state index is 0.142. The Morgan fingerprint density at radius 3 is 1.55 bits per heavy atom. The van der Waals surface area contributed by atoms with Gasteiger partial charge in [0, 0.05) is 6.54 Å². The zero-order valence-corrected chi connectivity index (χ0v) is 16.1. The van der Waals surface area contributed by atoms with Gasteiger partial charge in [0.2, 0.25) is 0 Å². The van der Waals surface area contributed by atoms with Crippen LogP contribution in [0.5, 0.6) is 0 Å². The summed E-state index contributed by atoms with van der Waals surface area (Å²) >= 11 is 0. The third-order valence-corrected chi connectivity index (χ3v) is 4.14. The molecule has 0 aliphatic carbocycles. The minimum Gasteiger partial charge on any atom is -0.475 e. The Morgan fingerprint density at radius 2 is 1.31 bits per heavy atom. The van der Waals surface area contributed by atoms with Gasteiger partial charge in [0.15, 0.2) is 0 Å². The number of carbonyl (C=O) groups is 2. The summed E-state index contributed by atoms with van der Waals surface area (Å²) in [6, 6.07) is 0. The van der Waals surface area contributed by atoms with Crippen molar-refractivity contribution in [2.24, 2.45) is 0 Å². The van der Waals surface area contributed by atoms with Gasteiger partial charge in [-0.25, -0.2) is 9.59 Å². The van der Waals surface area contributed by atoms with Crippen LogP contribution in [0.4, 0.5) is 26.3 Å². The summed E-state index contributed by atoms with van der Waals surface area (Å²) in [5.74, 6) is -5.51. The van der Waals surface area contributed by atoms with Crippen LogP contribution in [0.25, 0.3) is 0 Å². The zero-order valence-electron chi connectivity index (χ0n) is 16.1. The maximum absolute atomic E-state index is 10.6. The van der Waals surface area contributed by atoms with Crippen LogP contribution in [-0.2, 0) is 18.9 Å². The molecule has 0 aromatic heterocycles. The monoisotopic (exact) mass is 437 g/mol. The van der Waals surface area contributed by atoms with Gasteiger partial charge >= 0.3 is 31.4 Å². The molecule has 0 radical (unpaired) electrons. The Morgan fingerprint density at radius 1 is 0.966 bits per heavy atom.